The van der Waals surface area contributed by atoms with Crippen LogP contribution in [0.2, 0.25) is 0 Å². The van der Waals surface area contributed by atoms with Gasteiger partial charge in [0.1, 0.15) is 5.78 Å². The summed E-state index contributed by atoms with van der Waals surface area (Å²) >= 11 is 0. The van der Waals surface area contributed by atoms with Crippen molar-refractivity contribution in [2.75, 3.05) is 26.2 Å². The SMILES string of the molecule is CCCN1CC2C3CCN(CC3)C2C1CCC(C)=O. The van der Waals surface area contributed by atoms with Crippen LogP contribution in [0.5, 0.6) is 0 Å². The van der Waals surface area contributed by atoms with Gasteiger partial charge < -0.3 is 4.79 Å². The smallest absolute Gasteiger partial charge is 0.129 e. The first-order chi connectivity index (χ1) is 9.20. The number of Topliss-reactive ketones (excluding diaryl/α,β-unsaturated/α-hetero) is 1. The number of hydrogen-bond acceptors (Lipinski definition) is 3. The first kappa shape index (κ1) is 13.6. The van der Waals surface area contributed by atoms with Gasteiger partial charge in [-0.2, -0.15) is 0 Å². The van der Waals surface area contributed by atoms with E-state index in [0.717, 1.165) is 30.7 Å². The van der Waals surface area contributed by atoms with Gasteiger partial charge in [0, 0.05) is 25.0 Å². The number of hydrogen-bond donors (Lipinski definition) is 0. The van der Waals surface area contributed by atoms with Crippen molar-refractivity contribution >= 4 is 5.78 Å². The van der Waals surface area contributed by atoms with Gasteiger partial charge in [0.25, 0.3) is 0 Å². The predicted octanol–water partition coefficient (Wildman–Crippen LogP) is 2.16. The fourth-order valence-corrected chi connectivity index (χ4v) is 4.85. The molecule has 19 heavy (non-hydrogen) atoms. The van der Waals surface area contributed by atoms with Crippen LogP contribution in [0.1, 0.15) is 46.0 Å². The lowest BCUT2D eigenvalue weighted by atomic mass is 9.73. The normalized spacial score (nSPS) is 41.5. The van der Waals surface area contributed by atoms with Crippen molar-refractivity contribution in [1.29, 1.82) is 0 Å². The summed E-state index contributed by atoms with van der Waals surface area (Å²) in [5.41, 5.74) is 0. The lowest BCUT2D eigenvalue weighted by molar-refractivity contribution is -0.117. The molecule has 0 aliphatic carbocycles. The minimum atomic E-state index is 0.357. The molecular weight excluding hydrogens is 236 g/mol. The van der Waals surface area contributed by atoms with Crippen LogP contribution in [0.4, 0.5) is 0 Å². The number of fused-ring (bicyclic) bond motifs is 2. The third-order valence-corrected chi connectivity index (χ3v) is 5.65. The minimum Gasteiger partial charge on any atom is -0.300 e. The molecule has 0 spiro atoms. The van der Waals surface area contributed by atoms with E-state index in [1.807, 2.05) is 0 Å². The molecule has 3 atom stereocenters. The van der Waals surface area contributed by atoms with Gasteiger partial charge in [0.2, 0.25) is 0 Å². The van der Waals surface area contributed by atoms with E-state index in [-0.39, 0.29) is 0 Å². The van der Waals surface area contributed by atoms with Crippen LogP contribution in [0.25, 0.3) is 0 Å². The lowest BCUT2D eigenvalue weighted by Crippen LogP contribution is -2.57. The average molecular weight is 264 g/mol. The molecule has 0 amide bonds. The van der Waals surface area contributed by atoms with Gasteiger partial charge in [0.05, 0.1) is 0 Å². The summed E-state index contributed by atoms with van der Waals surface area (Å²) < 4.78 is 0. The third-order valence-electron chi connectivity index (χ3n) is 5.65. The fourth-order valence-electron chi connectivity index (χ4n) is 4.85. The van der Waals surface area contributed by atoms with Crippen LogP contribution >= 0.6 is 0 Å². The monoisotopic (exact) mass is 264 g/mol. The molecule has 2 bridgehead atoms. The van der Waals surface area contributed by atoms with Gasteiger partial charge in [-0.3, -0.25) is 9.80 Å². The Kier molecular flexibility index (Phi) is 3.95. The Bertz CT molecular complexity index is 336. The molecule has 108 valence electrons. The van der Waals surface area contributed by atoms with Crippen LogP contribution in [-0.4, -0.2) is 53.8 Å². The average Bonchev–Trinajstić information content (AvgIpc) is 2.78. The molecule has 0 aromatic heterocycles. The Labute approximate surface area is 117 Å². The van der Waals surface area contributed by atoms with Crippen molar-refractivity contribution in [2.45, 2.75) is 58.0 Å². The summed E-state index contributed by atoms with van der Waals surface area (Å²) in [5, 5.41) is 0. The van der Waals surface area contributed by atoms with Gasteiger partial charge in [0.15, 0.2) is 0 Å². The molecule has 3 nitrogen and oxygen atoms in total. The van der Waals surface area contributed by atoms with E-state index < -0.39 is 0 Å². The highest BCUT2D eigenvalue weighted by Gasteiger charge is 2.51. The van der Waals surface area contributed by atoms with Gasteiger partial charge in [-0.05, 0) is 64.1 Å². The molecule has 3 heteroatoms. The lowest BCUT2D eigenvalue weighted by Gasteiger charge is -2.49. The molecule has 0 saturated carbocycles. The second-order valence-corrected chi connectivity index (χ2v) is 6.83. The van der Waals surface area contributed by atoms with Gasteiger partial charge in [-0.1, -0.05) is 6.92 Å². The van der Waals surface area contributed by atoms with E-state index in [1.165, 1.54) is 45.4 Å². The second-order valence-electron chi connectivity index (χ2n) is 6.83. The van der Waals surface area contributed by atoms with Crippen LogP contribution in [0, 0.1) is 11.8 Å². The Morgan fingerprint density at radius 3 is 2.63 bits per heavy atom. The van der Waals surface area contributed by atoms with Crippen LogP contribution in [0.3, 0.4) is 0 Å². The van der Waals surface area contributed by atoms with Crippen LogP contribution < -0.4 is 0 Å². The van der Waals surface area contributed by atoms with Gasteiger partial charge in [-0.15, -0.1) is 0 Å². The molecule has 3 unspecified atom stereocenters. The maximum atomic E-state index is 11.4. The van der Waals surface area contributed by atoms with Crippen LogP contribution in [0.15, 0.2) is 0 Å². The number of ketones is 1. The second kappa shape index (κ2) is 5.53. The Balaban J connectivity index is 1.75. The molecule has 4 fully saturated rings. The maximum absolute atomic E-state index is 11.4. The Morgan fingerprint density at radius 2 is 2.00 bits per heavy atom. The van der Waals surface area contributed by atoms with Crippen molar-refractivity contribution in [3.05, 3.63) is 0 Å². The molecule has 0 radical (unpaired) electrons. The standard InChI is InChI=1S/C16H28N2O/c1-3-8-18-11-14-13-6-9-17(10-7-13)16(14)15(18)5-4-12(2)19/h13-16H,3-11H2,1-2H3. The first-order valence-electron chi connectivity index (χ1n) is 8.18. The Hall–Kier alpha value is -0.410. The zero-order valence-electron chi connectivity index (χ0n) is 12.5. The summed E-state index contributed by atoms with van der Waals surface area (Å²) in [5.74, 6) is 2.22. The number of carbonyl (C=O) groups excluding carboxylic acids is 1. The number of carbonyl (C=O) groups is 1. The van der Waals surface area contributed by atoms with E-state index in [1.54, 1.807) is 6.92 Å². The zero-order valence-corrected chi connectivity index (χ0v) is 12.5. The highest BCUT2D eigenvalue weighted by molar-refractivity contribution is 5.75. The number of rotatable bonds is 5. The zero-order chi connectivity index (χ0) is 13.4. The summed E-state index contributed by atoms with van der Waals surface area (Å²) in [7, 11) is 0. The summed E-state index contributed by atoms with van der Waals surface area (Å²) in [6.07, 6.45) is 5.92. The van der Waals surface area contributed by atoms with Crippen molar-refractivity contribution < 1.29 is 4.79 Å². The molecule has 0 aromatic carbocycles. The third kappa shape index (κ3) is 2.47. The fraction of sp³-hybridized carbons (Fsp3) is 0.938. The summed E-state index contributed by atoms with van der Waals surface area (Å²) in [4.78, 5) is 16.8. The van der Waals surface area contributed by atoms with E-state index >= 15 is 0 Å². The van der Waals surface area contributed by atoms with Gasteiger partial charge in [-0.25, -0.2) is 0 Å². The van der Waals surface area contributed by atoms with Crippen molar-refractivity contribution in [3.63, 3.8) is 0 Å². The molecule has 4 saturated heterocycles. The van der Waals surface area contributed by atoms with Gasteiger partial charge >= 0.3 is 0 Å². The first-order valence-corrected chi connectivity index (χ1v) is 8.18. The number of likely N-dealkylation sites (tertiary alicyclic amines) is 1. The molecule has 4 aliphatic rings. The number of piperidine rings is 3. The molecule has 4 heterocycles. The van der Waals surface area contributed by atoms with E-state index in [0.29, 0.717) is 11.8 Å². The molecular formula is C16H28N2O. The van der Waals surface area contributed by atoms with Crippen molar-refractivity contribution in [3.8, 4) is 0 Å². The summed E-state index contributed by atoms with van der Waals surface area (Å²) in [6, 6.07) is 1.41. The van der Waals surface area contributed by atoms with Crippen LogP contribution in [-0.2, 0) is 4.79 Å². The van der Waals surface area contributed by atoms with Crippen molar-refractivity contribution in [1.82, 2.24) is 9.80 Å². The summed E-state index contributed by atoms with van der Waals surface area (Å²) in [6.45, 7) is 9.14. The Morgan fingerprint density at radius 1 is 1.26 bits per heavy atom. The maximum Gasteiger partial charge on any atom is 0.129 e. The van der Waals surface area contributed by atoms with E-state index in [9.17, 15) is 4.79 Å². The van der Waals surface area contributed by atoms with E-state index in [2.05, 4.69) is 16.7 Å². The highest BCUT2D eigenvalue weighted by atomic mass is 16.1. The van der Waals surface area contributed by atoms with E-state index in [4.69, 9.17) is 0 Å². The molecule has 4 rings (SSSR count). The molecule has 0 N–H and O–H groups in total. The van der Waals surface area contributed by atoms with Crippen molar-refractivity contribution in [2.24, 2.45) is 11.8 Å². The largest absolute Gasteiger partial charge is 0.300 e. The number of nitrogens with zero attached hydrogens (tertiary/aromatic N) is 2. The highest BCUT2D eigenvalue weighted by Crippen LogP contribution is 2.44. The quantitative estimate of drug-likeness (QED) is 0.760. The predicted molar refractivity (Wildman–Crippen MR) is 77.1 cm³/mol. The topological polar surface area (TPSA) is 23.6 Å². The molecule has 0 aromatic rings. The minimum absolute atomic E-state index is 0.357. The molecule has 4 aliphatic heterocycles.